The molecule has 402 valence electrons. The monoisotopic (exact) mass is 1000 g/mol. The number of nitrogens with zero attached hydrogens (tertiary/aromatic N) is 1. The van der Waals surface area contributed by atoms with Crippen LogP contribution in [0.5, 0.6) is 0 Å². The quantitative estimate of drug-likeness (QED) is 0.108. The second-order valence-electron chi connectivity index (χ2n) is 21.5. The average Bonchev–Trinajstić information content (AvgIpc) is 3.33. The number of Topliss-reactive ketones (excluding diaryl/α,β-unsaturated/α-hetero) is 2. The molecule has 3 fully saturated rings. The van der Waals surface area contributed by atoms with Crippen molar-refractivity contribution >= 4 is 29.5 Å². The SMILES string of the molecule is CO[C@H]1C[C@@H]2CC[C@@H](C)[C@@](O)(O2)C(=O)C(=O)N2CCCCC2C(=O)OC([C@H](C)CC2CC[C@@H](O)[C@H](OC)C2)C[C@@H](OC(=O)NC(C)C)[C@H](C)C=C(C)C(O)[C@@H](OC)C(=O)C(C)CC(C)C=CC=CC=C1C. The number of nitrogens with one attached hydrogen (secondary N) is 1. The van der Waals surface area contributed by atoms with E-state index in [0.29, 0.717) is 69.8 Å². The van der Waals surface area contributed by atoms with Gasteiger partial charge in [0.2, 0.25) is 5.79 Å². The van der Waals surface area contributed by atoms with Crippen LogP contribution in [0.3, 0.4) is 0 Å². The molecular formula is C55H88N2O14. The van der Waals surface area contributed by atoms with Crippen molar-refractivity contribution in [3.63, 3.8) is 0 Å². The highest BCUT2D eigenvalue weighted by Crippen LogP contribution is 2.38. The molecule has 16 atom stereocenters. The minimum Gasteiger partial charge on any atom is -0.460 e. The van der Waals surface area contributed by atoms with Gasteiger partial charge in [-0.3, -0.25) is 14.4 Å². The van der Waals surface area contributed by atoms with E-state index in [2.05, 4.69) is 5.32 Å². The molecule has 2 saturated heterocycles. The molecule has 6 unspecified atom stereocenters. The van der Waals surface area contributed by atoms with Gasteiger partial charge in [0.15, 0.2) is 5.78 Å². The molecule has 3 aliphatic heterocycles. The summed E-state index contributed by atoms with van der Waals surface area (Å²) in [4.78, 5) is 72.1. The minimum absolute atomic E-state index is 0.00289. The minimum atomic E-state index is -2.45. The summed E-state index contributed by atoms with van der Waals surface area (Å²) in [7, 11) is 4.54. The molecular weight excluding hydrogens is 913 g/mol. The van der Waals surface area contributed by atoms with Gasteiger partial charge in [0, 0.05) is 64.5 Å². The smallest absolute Gasteiger partial charge is 0.407 e. The van der Waals surface area contributed by atoms with Crippen LogP contribution in [0.1, 0.15) is 139 Å². The topological polar surface area (TPSA) is 217 Å². The number of cyclic esters (lactones) is 1. The number of rotatable bonds is 8. The first-order valence-corrected chi connectivity index (χ1v) is 26.2. The molecule has 16 nitrogen and oxygen atoms in total. The Kier molecular flexibility index (Phi) is 23.6. The molecule has 1 aliphatic carbocycles. The molecule has 71 heavy (non-hydrogen) atoms. The zero-order chi connectivity index (χ0) is 52.7. The second-order valence-corrected chi connectivity index (χ2v) is 21.5. The van der Waals surface area contributed by atoms with E-state index >= 15 is 0 Å². The molecule has 16 heteroatoms. The predicted molar refractivity (Wildman–Crippen MR) is 269 cm³/mol. The van der Waals surface area contributed by atoms with Gasteiger partial charge in [-0.25, -0.2) is 9.59 Å². The van der Waals surface area contributed by atoms with Crippen LogP contribution in [0.15, 0.2) is 47.6 Å². The number of aliphatic hydroxyl groups is 3. The number of amides is 2. The Morgan fingerprint density at radius 3 is 2.23 bits per heavy atom. The normalized spacial score (nSPS) is 36.6. The number of hydrogen-bond donors (Lipinski definition) is 4. The maximum Gasteiger partial charge on any atom is 0.407 e. The van der Waals surface area contributed by atoms with Gasteiger partial charge in [-0.15, -0.1) is 0 Å². The molecule has 1 saturated carbocycles. The first kappa shape index (κ1) is 59.8. The molecule has 0 radical (unpaired) electrons. The summed E-state index contributed by atoms with van der Waals surface area (Å²) in [5, 5.41) is 37.2. The zero-order valence-corrected chi connectivity index (χ0v) is 44.7. The van der Waals surface area contributed by atoms with E-state index in [1.165, 1.54) is 12.0 Å². The van der Waals surface area contributed by atoms with Gasteiger partial charge in [-0.1, -0.05) is 71.1 Å². The van der Waals surface area contributed by atoms with E-state index in [1.807, 2.05) is 65.0 Å². The Hall–Kier alpha value is -3.77. The van der Waals surface area contributed by atoms with Gasteiger partial charge in [-0.2, -0.15) is 0 Å². The molecule has 2 bridgehead atoms. The van der Waals surface area contributed by atoms with Gasteiger partial charge in [0.05, 0.1) is 24.4 Å². The fourth-order valence-corrected chi connectivity index (χ4v) is 10.8. The molecule has 2 amide bonds. The predicted octanol–water partition coefficient (Wildman–Crippen LogP) is 7.11. The highest BCUT2D eigenvalue weighted by Gasteiger charge is 2.53. The van der Waals surface area contributed by atoms with Crippen LogP contribution in [0.25, 0.3) is 0 Å². The largest absolute Gasteiger partial charge is 0.460 e. The summed E-state index contributed by atoms with van der Waals surface area (Å²) in [5.74, 6) is -7.63. The number of carbonyl (C=O) groups excluding carboxylic acids is 5. The summed E-state index contributed by atoms with van der Waals surface area (Å²) >= 11 is 0. The lowest BCUT2D eigenvalue weighted by Gasteiger charge is -2.43. The highest BCUT2D eigenvalue weighted by molar-refractivity contribution is 6.39. The molecule has 4 rings (SSSR count). The highest BCUT2D eigenvalue weighted by atomic mass is 16.6. The first-order valence-electron chi connectivity index (χ1n) is 26.2. The summed E-state index contributed by atoms with van der Waals surface area (Å²) in [5.41, 5.74) is 1.29. The van der Waals surface area contributed by atoms with Gasteiger partial charge < -0.3 is 54.0 Å². The number of ether oxygens (including phenoxy) is 6. The molecule has 4 aliphatic rings. The van der Waals surface area contributed by atoms with E-state index in [1.54, 1.807) is 48.0 Å². The van der Waals surface area contributed by atoms with Crippen molar-refractivity contribution in [2.24, 2.45) is 35.5 Å². The Bertz CT molecular complexity index is 1900. The van der Waals surface area contributed by atoms with Crippen molar-refractivity contribution in [1.29, 1.82) is 0 Å². The Balaban J connectivity index is 1.80. The first-order chi connectivity index (χ1) is 33.5. The maximum atomic E-state index is 14.7. The van der Waals surface area contributed by atoms with Crippen molar-refractivity contribution in [2.75, 3.05) is 27.9 Å². The van der Waals surface area contributed by atoms with Crippen molar-refractivity contribution in [1.82, 2.24) is 10.2 Å². The van der Waals surface area contributed by atoms with Crippen LogP contribution in [0.4, 0.5) is 4.79 Å². The van der Waals surface area contributed by atoms with Gasteiger partial charge in [-0.05, 0) is 121 Å². The molecule has 4 N–H and O–H groups in total. The van der Waals surface area contributed by atoms with Crippen molar-refractivity contribution < 1.29 is 67.7 Å². The summed E-state index contributed by atoms with van der Waals surface area (Å²) < 4.78 is 36.0. The van der Waals surface area contributed by atoms with Gasteiger partial charge >= 0.3 is 12.1 Å². The van der Waals surface area contributed by atoms with Crippen LogP contribution in [0.2, 0.25) is 0 Å². The number of carbonyl (C=O) groups is 5. The third kappa shape index (κ3) is 16.6. The Labute approximate surface area is 423 Å². The lowest BCUT2D eigenvalue weighted by molar-refractivity contribution is -0.265. The molecule has 0 aromatic heterocycles. The van der Waals surface area contributed by atoms with E-state index in [0.717, 1.165) is 5.57 Å². The molecule has 0 spiro atoms. The number of methoxy groups -OCH3 is 3. The lowest BCUT2D eigenvalue weighted by atomic mass is 9.78. The Morgan fingerprint density at radius 1 is 0.845 bits per heavy atom. The van der Waals surface area contributed by atoms with Crippen molar-refractivity contribution in [3.8, 4) is 0 Å². The van der Waals surface area contributed by atoms with Crippen molar-refractivity contribution in [3.05, 3.63) is 47.6 Å². The summed E-state index contributed by atoms with van der Waals surface area (Å²) in [6, 6.07) is -1.42. The number of hydrogen-bond acceptors (Lipinski definition) is 14. The van der Waals surface area contributed by atoms with E-state index < -0.39 is 96.1 Å². The maximum absolute atomic E-state index is 14.7. The number of fused-ring (bicyclic) bond motifs is 3. The number of ketones is 2. The Morgan fingerprint density at radius 2 is 1.56 bits per heavy atom. The van der Waals surface area contributed by atoms with Crippen molar-refractivity contribution in [2.45, 2.75) is 206 Å². The third-order valence-electron chi connectivity index (χ3n) is 15.3. The number of allylic oxidation sites excluding steroid dienone is 5. The fourth-order valence-electron chi connectivity index (χ4n) is 10.8. The summed E-state index contributed by atoms with van der Waals surface area (Å²) in [6.07, 6.45) is 9.70. The van der Waals surface area contributed by atoms with E-state index in [9.17, 15) is 39.3 Å². The number of alkyl carbamates (subject to hydrolysis) is 1. The third-order valence-corrected chi connectivity index (χ3v) is 15.3. The van der Waals surface area contributed by atoms with Gasteiger partial charge in [0.1, 0.15) is 30.5 Å². The number of aliphatic hydroxyl groups excluding tert-OH is 2. The van der Waals surface area contributed by atoms with Crippen LogP contribution in [-0.4, -0.2) is 144 Å². The van der Waals surface area contributed by atoms with Crippen LogP contribution < -0.4 is 5.32 Å². The average molecular weight is 1000 g/mol. The zero-order valence-electron chi connectivity index (χ0n) is 44.7. The van der Waals surface area contributed by atoms with Gasteiger partial charge in [0.25, 0.3) is 11.7 Å². The van der Waals surface area contributed by atoms with Crippen LogP contribution in [0, 0.1) is 35.5 Å². The molecule has 3 heterocycles. The van der Waals surface area contributed by atoms with Crippen LogP contribution in [-0.2, 0) is 47.6 Å². The number of esters is 1. The number of piperidine rings is 1. The lowest BCUT2D eigenvalue weighted by Crippen LogP contribution is -2.61. The molecule has 0 aromatic carbocycles. The fraction of sp³-hybridized carbons (Fsp3) is 0.764. The van der Waals surface area contributed by atoms with E-state index in [-0.39, 0.29) is 55.1 Å². The van der Waals surface area contributed by atoms with Crippen LogP contribution >= 0.6 is 0 Å². The standard InChI is InChI=1S/C55H88N2O14/c1-32(2)56-54(64)70-46-31-45(36(6)28-40-22-24-43(58)47(29-40)67-11)69-53(63)42-20-16-17-25-57(42)52(62)51(61)55(65)39(9)21-23-41(71-55)30-44(66-10)34(4)19-15-13-14-18-33(3)26-37(7)48(59)50(68-12)49(60)38(8)27-35(46)5/h13-15,18-19,27,32-33,35-37,39-47,49-50,58,60,65H,16-17,20-26,28-31H2,1-12H3,(H,56,64)/t33?,35-,36-,37?,39-,40?,41+,42?,43-,44+,45?,46-,47-,49?,50+,55-/m1/s1. The molecule has 0 aromatic rings. The second kappa shape index (κ2) is 28.1. The van der Waals surface area contributed by atoms with E-state index in [4.69, 9.17) is 28.4 Å². The summed E-state index contributed by atoms with van der Waals surface area (Å²) in [6.45, 7) is 16.5.